The van der Waals surface area contributed by atoms with Crippen LogP contribution < -0.4 is 10.6 Å². The molecule has 0 saturated carbocycles. The number of aryl methyl sites for hydroxylation is 1. The molecule has 3 heteroatoms. The second kappa shape index (κ2) is 4.83. The van der Waals surface area contributed by atoms with Crippen LogP contribution in [0.5, 0.6) is 0 Å². The van der Waals surface area contributed by atoms with E-state index in [9.17, 15) is 0 Å². The second-order valence-corrected chi connectivity index (χ2v) is 4.81. The van der Waals surface area contributed by atoms with Gasteiger partial charge in [-0.3, -0.25) is 0 Å². The van der Waals surface area contributed by atoms with Crippen LogP contribution >= 0.6 is 0 Å². The summed E-state index contributed by atoms with van der Waals surface area (Å²) in [6.45, 7) is 5.25. The van der Waals surface area contributed by atoms with E-state index in [2.05, 4.69) is 35.9 Å². The first-order valence-corrected chi connectivity index (χ1v) is 6.13. The molecule has 0 aliphatic carbocycles. The summed E-state index contributed by atoms with van der Waals surface area (Å²) in [5.74, 6) is 1.08. The fourth-order valence-electron chi connectivity index (χ4n) is 2.42. The van der Waals surface area contributed by atoms with Gasteiger partial charge in [0, 0.05) is 24.8 Å². The molecular formula is C13H21N3. The smallest absolute Gasteiger partial charge is 0.128 e. The van der Waals surface area contributed by atoms with E-state index < -0.39 is 0 Å². The number of hydrogen-bond donors (Lipinski definition) is 1. The van der Waals surface area contributed by atoms with Crippen LogP contribution in [0, 0.1) is 6.92 Å². The van der Waals surface area contributed by atoms with E-state index >= 15 is 0 Å². The minimum Gasteiger partial charge on any atom is -0.352 e. The van der Waals surface area contributed by atoms with Gasteiger partial charge in [0.1, 0.15) is 5.82 Å². The summed E-state index contributed by atoms with van der Waals surface area (Å²) < 4.78 is 0. The number of aromatic nitrogens is 1. The van der Waals surface area contributed by atoms with Crippen molar-refractivity contribution in [1.29, 1.82) is 0 Å². The van der Waals surface area contributed by atoms with Gasteiger partial charge in [-0.1, -0.05) is 6.07 Å². The lowest BCUT2D eigenvalue weighted by molar-refractivity contribution is 0.411. The molecule has 1 aromatic rings. The number of piperidine rings is 1. The largest absolute Gasteiger partial charge is 0.352 e. The molecule has 0 spiro atoms. The maximum atomic E-state index is 6.06. The van der Waals surface area contributed by atoms with Gasteiger partial charge in [-0.2, -0.15) is 0 Å². The summed E-state index contributed by atoms with van der Waals surface area (Å²) >= 11 is 0. The number of nitrogens with two attached hydrogens (primary N) is 1. The number of rotatable bonds is 2. The van der Waals surface area contributed by atoms with Gasteiger partial charge in [0.25, 0.3) is 0 Å². The third-order valence-electron chi connectivity index (χ3n) is 3.35. The molecule has 3 nitrogen and oxygen atoms in total. The minimum atomic E-state index is 0.211. The predicted octanol–water partition coefficient (Wildman–Crippen LogP) is 2.10. The SMILES string of the molecule is Cc1ccc(N2CCCCC2C(C)N)nc1. The van der Waals surface area contributed by atoms with Gasteiger partial charge in [0.15, 0.2) is 0 Å². The molecule has 1 fully saturated rings. The van der Waals surface area contributed by atoms with Crippen molar-refractivity contribution in [3.63, 3.8) is 0 Å². The van der Waals surface area contributed by atoms with Crippen molar-refractivity contribution in [3.05, 3.63) is 23.9 Å². The van der Waals surface area contributed by atoms with Crippen molar-refractivity contribution in [1.82, 2.24) is 4.98 Å². The van der Waals surface area contributed by atoms with Gasteiger partial charge in [-0.15, -0.1) is 0 Å². The standard InChI is InChI=1S/C13H21N3/c1-10-6-7-13(15-9-10)16-8-4-3-5-12(16)11(2)14/h6-7,9,11-12H,3-5,8,14H2,1-2H3. The van der Waals surface area contributed by atoms with Crippen LogP contribution in [0.1, 0.15) is 31.7 Å². The number of anilines is 1. The van der Waals surface area contributed by atoms with Crippen LogP contribution in [0.15, 0.2) is 18.3 Å². The topological polar surface area (TPSA) is 42.1 Å². The summed E-state index contributed by atoms with van der Waals surface area (Å²) in [7, 11) is 0. The zero-order valence-electron chi connectivity index (χ0n) is 10.2. The fraction of sp³-hybridized carbons (Fsp3) is 0.615. The maximum absolute atomic E-state index is 6.06. The van der Waals surface area contributed by atoms with Gasteiger partial charge in [-0.05, 0) is 44.7 Å². The first-order chi connectivity index (χ1) is 7.68. The highest BCUT2D eigenvalue weighted by Gasteiger charge is 2.26. The monoisotopic (exact) mass is 219 g/mol. The van der Waals surface area contributed by atoms with Gasteiger partial charge >= 0.3 is 0 Å². The Morgan fingerprint density at radius 2 is 2.25 bits per heavy atom. The first-order valence-electron chi connectivity index (χ1n) is 6.13. The van der Waals surface area contributed by atoms with Gasteiger partial charge in [0.05, 0.1) is 0 Å². The van der Waals surface area contributed by atoms with E-state index in [1.807, 2.05) is 6.20 Å². The Morgan fingerprint density at radius 1 is 1.44 bits per heavy atom. The summed E-state index contributed by atoms with van der Waals surface area (Å²) in [4.78, 5) is 6.87. The Hall–Kier alpha value is -1.09. The number of hydrogen-bond acceptors (Lipinski definition) is 3. The highest BCUT2D eigenvalue weighted by atomic mass is 15.2. The van der Waals surface area contributed by atoms with E-state index in [1.165, 1.54) is 24.8 Å². The first kappa shape index (κ1) is 11.4. The van der Waals surface area contributed by atoms with Gasteiger partial charge < -0.3 is 10.6 Å². The second-order valence-electron chi connectivity index (χ2n) is 4.81. The zero-order valence-corrected chi connectivity index (χ0v) is 10.2. The quantitative estimate of drug-likeness (QED) is 0.828. The van der Waals surface area contributed by atoms with Crippen LogP contribution in [0.4, 0.5) is 5.82 Å². The maximum Gasteiger partial charge on any atom is 0.128 e. The lowest BCUT2D eigenvalue weighted by Gasteiger charge is -2.38. The summed E-state index contributed by atoms with van der Waals surface area (Å²) in [6.07, 6.45) is 5.66. The van der Waals surface area contributed by atoms with Crippen molar-refractivity contribution in [2.24, 2.45) is 5.73 Å². The molecule has 88 valence electrons. The van der Waals surface area contributed by atoms with E-state index in [0.29, 0.717) is 6.04 Å². The average Bonchev–Trinajstić information content (AvgIpc) is 2.30. The number of nitrogens with zero attached hydrogens (tertiary/aromatic N) is 2. The van der Waals surface area contributed by atoms with E-state index in [1.54, 1.807) is 0 Å². The van der Waals surface area contributed by atoms with Crippen LogP contribution in [-0.4, -0.2) is 23.6 Å². The lowest BCUT2D eigenvalue weighted by atomic mass is 9.97. The van der Waals surface area contributed by atoms with Crippen LogP contribution in [0.2, 0.25) is 0 Å². The van der Waals surface area contributed by atoms with E-state index in [-0.39, 0.29) is 6.04 Å². The normalized spacial score (nSPS) is 23.2. The van der Waals surface area contributed by atoms with Crippen molar-refractivity contribution >= 4 is 5.82 Å². The highest BCUT2D eigenvalue weighted by molar-refractivity contribution is 5.41. The Balaban J connectivity index is 2.19. The lowest BCUT2D eigenvalue weighted by Crippen LogP contribution is -2.49. The van der Waals surface area contributed by atoms with Gasteiger partial charge in [0.2, 0.25) is 0 Å². The fourth-order valence-corrected chi connectivity index (χ4v) is 2.42. The molecule has 0 amide bonds. The average molecular weight is 219 g/mol. The molecule has 2 heterocycles. The summed E-state index contributed by atoms with van der Waals surface area (Å²) in [6, 6.07) is 4.89. The molecule has 1 aromatic heterocycles. The highest BCUT2D eigenvalue weighted by Crippen LogP contribution is 2.24. The van der Waals surface area contributed by atoms with E-state index in [4.69, 9.17) is 5.73 Å². The van der Waals surface area contributed by atoms with Crippen molar-refractivity contribution in [2.45, 2.75) is 45.2 Å². The predicted molar refractivity (Wildman–Crippen MR) is 67.6 cm³/mol. The van der Waals surface area contributed by atoms with Crippen LogP contribution in [0.3, 0.4) is 0 Å². The van der Waals surface area contributed by atoms with Crippen molar-refractivity contribution in [3.8, 4) is 0 Å². The molecule has 1 aliphatic heterocycles. The van der Waals surface area contributed by atoms with Crippen LogP contribution in [0.25, 0.3) is 0 Å². The molecule has 2 unspecified atom stereocenters. The summed E-state index contributed by atoms with van der Waals surface area (Å²) in [5.41, 5.74) is 7.26. The Morgan fingerprint density at radius 3 is 2.88 bits per heavy atom. The van der Waals surface area contributed by atoms with Crippen molar-refractivity contribution < 1.29 is 0 Å². The van der Waals surface area contributed by atoms with Crippen molar-refractivity contribution in [2.75, 3.05) is 11.4 Å². The molecule has 1 saturated heterocycles. The Labute approximate surface area is 97.7 Å². The van der Waals surface area contributed by atoms with E-state index in [0.717, 1.165) is 12.4 Å². The molecule has 0 bridgehead atoms. The molecule has 0 radical (unpaired) electrons. The third-order valence-corrected chi connectivity index (χ3v) is 3.35. The number of pyridine rings is 1. The van der Waals surface area contributed by atoms with Crippen LogP contribution in [-0.2, 0) is 0 Å². The summed E-state index contributed by atoms with van der Waals surface area (Å²) in [5, 5.41) is 0. The Kier molecular flexibility index (Phi) is 3.44. The molecule has 2 atom stereocenters. The zero-order chi connectivity index (χ0) is 11.5. The molecule has 2 rings (SSSR count). The van der Waals surface area contributed by atoms with Gasteiger partial charge in [-0.25, -0.2) is 4.98 Å². The minimum absolute atomic E-state index is 0.211. The molecule has 16 heavy (non-hydrogen) atoms. The Bertz CT molecular complexity index is 332. The molecular weight excluding hydrogens is 198 g/mol. The molecule has 2 N–H and O–H groups in total. The molecule has 1 aliphatic rings. The molecule has 0 aromatic carbocycles. The third kappa shape index (κ3) is 2.35.